The smallest absolute Gasteiger partial charge is 0.339 e. The van der Waals surface area contributed by atoms with Crippen LogP contribution in [0.25, 0.3) is 6.08 Å². The highest BCUT2D eigenvalue weighted by molar-refractivity contribution is 8.18. The Balaban J connectivity index is 1.90. The van der Waals surface area contributed by atoms with Crippen molar-refractivity contribution in [1.82, 2.24) is 4.90 Å². The molecule has 0 atom stereocenters. The molecule has 2 N–H and O–H groups in total. The number of carboxylic acid groups (broad SMARTS) is 1. The van der Waals surface area contributed by atoms with Crippen molar-refractivity contribution in [3.8, 4) is 5.75 Å². The SMILES string of the molecule is CCN1C(=O)/C(=C/c2ccc([N+](=O)[O-])cc2)SC1=Nc1ccc(C(=O)O)c(O)c1. The number of benzene rings is 2. The van der Waals surface area contributed by atoms with Gasteiger partial charge in [-0.15, -0.1) is 0 Å². The van der Waals surface area contributed by atoms with Crippen LogP contribution in [-0.2, 0) is 4.79 Å². The summed E-state index contributed by atoms with van der Waals surface area (Å²) in [6.45, 7) is 2.15. The Morgan fingerprint density at radius 3 is 2.52 bits per heavy atom. The average molecular weight is 413 g/mol. The van der Waals surface area contributed by atoms with Crippen LogP contribution in [0.5, 0.6) is 5.75 Å². The van der Waals surface area contributed by atoms with Gasteiger partial charge >= 0.3 is 5.97 Å². The molecule has 0 spiro atoms. The van der Waals surface area contributed by atoms with Crippen molar-refractivity contribution in [2.45, 2.75) is 6.92 Å². The van der Waals surface area contributed by atoms with Crippen LogP contribution >= 0.6 is 11.8 Å². The Morgan fingerprint density at radius 2 is 1.97 bits per heavy atom. The Bertz CT molecular complexity index is 1060. The van der Waals surface area contributed by atoms with E-state index in [0.717, 1.165) is 11.8 Å². The molecule has 29 heavy (non-hydrogen) atoms. The normalized spacial score (nSPS) is 16.6. The van der Waals surface area contributed by atoms with Crippen molar-refractivity contribution < 1.29 is 24.7 Å². The van der Waals surface area contributed by atoms with Crippen LogP contribution in [0.4, 0.5) is 11.4 Å². The number of nitro groups is 1. The van der Waals surface area contributed by atoms with Gasteiger partial charge < -0.3 is 10.2 Å². The fraction of sp³-hybridized carbons (Fsp3) is 0.105. The van der Waals surface area contributed by atoms with Crippen LogP contribution < -0.4 is 0 Å². The zero-order chi connectivity index (χ0) is 21.1. The molecule has 148 valence electrons. The van der Waals surface area contributed by atoms with E-state index in [-0.39, 0.29) is 17.2 Å². The molecular formula is C19H15N3O6S. The highest BCUT2D eigenvalue weighted by Gasteiger charge is 2.32. The van der Waals surface area contributed by atoms with E-state index in [0.29, 0.717) is 27.9 Å². The molecule has 1 heterocycles. The number of non-ortho nitro benzene ring substituents is 1. The van der Waals surface area contributed by atoms with Gasteiger partial charge in [-0.3, -0.25) is 19.8 Å². The number of thioether (sulfide) groups is 1. The number of aromatic carboxylic acids is 1. The third-order valence-electron chi connectivity index (χ3n) is 4.04. The van der Waals surface area contributed by atoms with Crippen molar-refractivity contribution in [3.63, 3.8) is 0 Å². The summed E-state index contributed by atoms with van der Waals surface area (Å²) in [4.78, 5) is 40.1. The Labute approximate surface area is 169 Å². The van der Waals surface area contributed by atoms with Crippen molar-refractivity contribution in [2.24, 2.45) is 4.99 Å². The van der Waals surface area contributed by atoms with Gasteiger partial charge in [0.1, 0.15) is 11.3 Å². The molecule has 0 aliphatic carbocycles. The van der Waals surface area contributed by atoms with E-state index in [2.05, 4.69) is 4.99 Å². The van der Waals surface area contributed by atoms with Gasteiger partial charge in [-0.1, -0.05) is 0 Å². The summed E-state index contributed by atoms with van der Waals surface area (Å²) in [7, 11) is 0. The first-order valence-corrected chi connectivity index (χ1v) is 9.22. The zero-order valence-corrected chi connectivity index (χ0v) is 15.9. The molecule has 0 aromatic heterocycles. The van der Waals surface area contributed by atoms with Crippen LogP contribution in [0.2, 0.25) is 0 Å². The summed E-state index contributed by atoms with van der Waals surface area (Å²) >= 11 is 1.12. The lowest BCUT2D eigenvalue weighted by Crippen LogP contribution is -2.28. The number of aliphatic imine (C=N–C) groups is 1. The lowest BCUT2D eigenvalue weighted by atomic mass is 10.2. The zero-order valence-electron chi connectivity index (χ0n) is 15.1. The third kappa shape index (κ3) is 4.27. The number of carbonyl (C=O) groups excluding carboxylic acids is 1. The van der Waals surface area contributed by atoms with Crippen LogP contribution in [0.3, 0.4) is 0 Å². The van der Waals surface area contributed by atoms with E-state index < -0.39 is 16.6 Å². The first kappa shape index (κ1) is 20.1. The summed E-state index contributed by atoms with van der Waals surface area (Å²) in [6, 6.07) is 9.70. The first-order chi connectivity index (χ1) is 13.8. The number of nitrogens with zero attached hydrogens (tertiary/aromatic N) is 3. The molecule has 1 aliphatic rings. The standard InChI is InChI=1S/C19H15N3O6S/c1-2-21-17(24)16(9-11-3-6-13(7-4-11)22(27)28)29-19(21)20-12-5-8-14(18(25)26)15(23)10-12/h3-10,23H,2H2,1H3,(H,25,26)/b16-9-,20-19?. The molecule has 1 saturated heterocycles. The molecule has 2 aromatic rings. The Kier molecular flexibility index (Phi) is 5.64. The van der Waals surface area contributed by atoms with Gasteiger partial charge in [-0.05, 0) is 54.6 Å². The molecule has 0 bridgehead atoms. The Hall–Kier alpha value is -3.66. The van der Waals surface area contributed by atoms with Crippen molar-refractivity contribution in [2.75, 3.05) is 6.54 Å². The van der Waals surface area contributed by atoms with Gasteiger partial charge in [-0.25, -0.2) is 9.79 Å². The van der Waals surface area contributed by atoms with E-state index >= 15 is 0 Å². The fourth-order valence-electron chi connectivity index (χ4n) is 2.59. The van der Waals surface area contributed by atoms with Crippen LogP contribution in [0.15, 0.2) is 52.4 Å². The number of carboxylic acids is 1. The molecule has 2 aromatic carbocycles. The molecule has 0 unspecified atom stereocenters. The Morgan fingerprint density at radius 1 is 1.28 bits per heavy atom. The minimum atomic E-state index is -1.25. The fourth-order valence-corrected chi connectivity index (χ4v) is 3.66. The minimum Gasteiger partial charge on any atom is -0.507 e. The number of likely N-dealkylation sites (N-methyl/N-ethyl adjacent to an activating group) is 1. The van der Waals surface area contributed by atoms with E-state index in [4.69, 9.17) is 5.11 Å². The predicted octanol–water partition coefficient (Wildman–Crippen LogP) is 3.62. The highest BCUT2D eigenvalue weighted by Crippen LogP contribution is 2.35. The summed E-state index contributed by atoms with van der Waals surface area (Å²) in [5.74, 6) is -1.94. The van der Waals surface area contributed by atoms with Gasteiger partial charge in [-0.2, -0.15) is 0 Å². The van der Waals surface area contributed by atoms with Crippen LogP contribution in [-0.4, -0.2) is 43.6 Å². The van der Waals surface area contributed by atoms with Gasteiger partial charge in [0.05, 0.1) is 15.5 Å². The summed E-state index contributed by atoms with van der Waals surface area (Å²) < 4.78 is 0. The number of rotatable bonds is 5. The minimum absolute atomic E-state index is 0.0420. The molecule has 1 amide bonds. The number of hydrogen-bond acceptors (Lipinski definition) is 7. The van der Waals surface area contributed by atoms with E-state index in [1.54, 1.807) is 25.1 Å². The number of carbonyl (C=O) groups is 2. The lowest BCUT2D eigenvalue weighted by Gasteiger charge is -2.12. The molecular weight excluding hydrogens is 398 g/mol. The van der Waals surface area contributed by atoms with Crippen molar-refractivity contribution in [1.29, 1.82) is 0 Å². The van der Waals surface area contributed by atoms with Crippen molar-refractivity contribution >= 4 is 46.3 Å². The number of nitro benzene ring substituents is 1. The maximum absolute atomic E-state index is 12.6. The number of amidine groups is 1. The van der Waals surface area contributed by atoms with E-state index in [1.165, 1.54) is 35.2 Å². The molecule has 1 aliphatic heterocycles. The molecule has 1 fully saturated rings. The van der Waals surface area contributed by atoms with E-state index in [9.17, 15) is 24.8 Å². The quantitative estimate of drug-likeness (QED) is 0.434. The highest BCUT2D eigenvalue weighted by atomic mass is 32.2. The molecule has 3 rings (SSSR count). The molecule has 9 nitrogen and oxygen atoms in total. The lowest BCUT2D eigenvalue weighted by molar-refractivity contribution is -0.384. The largest absolute Gasteiger partial charge is 0.507 e. The monoisotopic (exact) mass is 413 g/mol. The molecule has 0 saturated carbocycles. The van der Waals surface area contributed by atoms with Gasteiger partial charge in [0.2, 0.25) is 0 Å². The maximum Gasteiger partial charge on any atom is 0.339 e. The number of phenols is 1. The second-order valence-electron chi connectivity index (χ2n) is 5.91. The van der Waals surface area contributed by atoms with Crippen molar-refractivity contribution in [3.05, 3.63) is 68.6 Å². The van der Waals surface area contributed by atoms with Gasteiger partial charge in [0.15, 0.2) is 5.17 Å². The number of amides is 1. The topological polar surface area (TPSA) is 133 Å². The van der Waals surface area contributed by atoms with Crippen LogP contribution in [0, 0.1) is 10.1 Å². The average Bonchev–Trinajstić information content (AvgIpc) is 2.96. The number of aromatic hydroxyl groups is 1. The first-order valence-electron chi connectivity index (χ1n) is 8.41. The number of hydrogen-bond donors (Lipinski definition) is 2. The van der Waals surface area contributed by atoms with Gasteiger partial charge in [0.25, 0.3) is 11.6 Å². The van der Waals surface area contributed by atoms with E-state index in [1.807, 2.05) is 0 Å². The van der Waals surface area contributed by atoms with Crippen LogP contribution in [0.1, 0.15) is 22.8 Å². The van der Waals surface area contributed by atoms with Gasteiger partial charge in [0, 0.05) is 24.7 Å². The third-order valence-corrected chi connectivity index (χ3v) is 5.05. The summed E-state index contributed by atoms with van der Waals surface area (Å²) in [6.07, 6.45) is 1.62. The second kappa shape index (κ2) is 8.15. The maximum atomic E-state index is 12.6. The summed E-state index contributed by atoms with van der Waals surface area (Å²) in [5.41, 5.74) is 0.653. The molecule has 0 radical (unpaired) electrons. The second-order valence-corrected chi connectivity index (χ2v) is 6.92. The predicted molar refractivity (Wildman–Crippen MR) is 108 cm³/mol. The summed E-state index contributed by atoms with van der Waals surface area (Å²) in [5, 5.41) is 29.9. The molecule has 10 heteroatoms.